The van der Waals surface area contributed by atoms with Crippen molar-refractivity contribution in [1.82, 2.24) is 15.1 Å². The van der Waals surface area contributed by atoms with Gasteiger partial charge in [-0.3, -0.25) is 9.89 Å². The minimum Gasteiger partial charge on any atom is -0.335 e. The molecule has 0 aliphatic rings. The highest BCUT2D eigenvalue weighted by atomic mass is 16.2. The molecule has 0 fully saturated rings. The van der Waals surface area contributed by atoms with E-state index in [4.69, 9.17) is 0 Å². The summed E-state index contributed by atoms with van der Waals surface area (Å²) in [6, 6.07) is 17.7. The van der Waals surface area contributed by atoms with Crippen LogP contribution >= 0.6 is 0 Å². The van der Waals surface area contributed by atoms with E-state index in [0.29, 0.717) is 18.7 Å². The van der Waals surface area contributed by atoms with E-state index in [9.17, 15) is 4.79 Å². The molecule has 2 aromatic carbocycles. The van der Waals surface area contributed by atoms with Crippen molar-refractivity contribution in [1.29, 1.82) is 0 Å². The van der Waals surface area contributed by atoms with Gasteiger partial charge >= 0.3 is 0 Å². The fourth-order valence-corrected chi connectivity index (χ4v) is 2.53. The third-order valence-electron chi connectivity index (χ3n) is 3.85. The molecule has 0 radical (unpaired) electrons. The van der Waals surface area contributed by atoms with Gasteiger partial charge in [0.25, 0.3) is 5.91 Å². The zero-order chi connectivity index (χ0) is 16.1. The minimum atomic E-state index is 0.0510. The van der Waals surface area contributed by atoms with Crippen molar-refractivity contribution in [2.75, 3.05) is 6.54 Å². The minimum absolute atomic E-state index is 0.0510. The van der Waals surface area contributed by atoms with Crippen LogP contribution in [-0.2, 0) is 6.54 Å². The molecule has 116 valence electrons. The van der Waals surface area contributed by atoms with Crippen LogP contribution in [-0.4, -0.2) is 27.5 Å². The first-order valence-electron chi connectivity index (χ1n) is 7.70. The van der Waals surface area contributed by atoms with Crippen LogP contribution in [0.1, 0.15) is 22.8 Å². The molecule has 0 atom stereocenters. The van der Waals surface area contributed by atoms with Gasteiger partial charge in [0.05, 0.1) is 6.20 Å². The maximum absolute atomic E-state index is 12.7. The normalized spacial score (nSPS) is 10.5. The monoisotopic (exact) mass is 305 g/mol. The molecule has 0 saturated carbocycles. The van der Waals surface area contributed by atoms with Crippen molar-refractivity contribution in [3.8, 4) is 11.1 Å². The summed E-state index contributed by atoms with van der Waals surface area (Å²) >= 11 is 0. The van der Waals surface area contributed by atoms with E-state index in [-0.39, 0.29) is 5.91 Å². The van der Waals surface area contributed by atoms with Crippen LogP contribution in [0, 0.1) is 0 Å². The highest BCUT2D eigenvalue weighted by Crippen LogP contribution is 2.19. The molecule has 0 spiro atoms. The molecule has 1 N–H and O–H groups in total. The van der Waals surface area contributed by atoms with Crippen molar-refractivity contribution in [3.05, 3.63) is 78.1 Å². The number of carbonyl (C=O) groups excluding carboxylic acids is 1. The largest absolute Gasteiger partial charge is 0.335 e. The molecule has 1 heterocycles. The summed E-state index contributed by atoms with van der Waals surface area (Å²) in [5.41, 5.74) is 3.90. The van der Waals surface area contributed by atoms with E-state index >= 15 is 0 Å². The lowest BCUT2D eigenvalue weighted by Gasteiger charge is -2.21. The summed E-state index contributed by atoms with van der Waals surface area (Å²) in [6.07, 6.45) is 3.61. The average Bonchev–Trinajstić information content (AvgIpc) is 3.15. The smallest absolute Gasteiger partial charge is 0.254 e. The molecule has 4 heteroatoms. The number of H-pyrrole nitrogens is 1. The van der Waals surface area contributed by atoms with Gasteiger partial charge in [0.2, 0.25) is 0 Å². The van der Waals surface area contributed by atoms with Gasteiger partial charge in [0.1, 0.15) is 0 Å². The molecule has 3 rings (SSSR count). The first-order chi connectivity index (χ1) is 11.3. The molecular formula is C19H19N3O. The Balaban J connectivity index is 1.75. The number of aromatic nitrogens is 2. The summed E-state index contributed by atoms with van der Waals surface area (Å²) in [7, 11) is 0. The zero-order valence-electron chi connectivity index (χ0n) is 13.1. The highest BCUT2D eigenvalue weighted by Gasteiger charge is 2.14. The number of nitrogens with zero attached hydrogens (tertiary/aromatic N) is 2. The lowest BCUT2D eigenvalue weighted by atomic mass is 10.1. The molecule has 0 aliphatic heterocycles. The Morgan fingerprint density at radius 1 is 1.04 bits per heavy atom. The van der Waals surface area contributed by atoms with Crippen LogP contribution in [0.25, 0.3) is 11.1 Å². The van der Waals surface area contributed by atoms with Crippen molar-refractivity contribution in [3.63, 3.8) is 0 Å². The Labute approximate surface area is 135 Å². The van der Waals surface area contributed by atoms with Gasteiger partial charge in [-0.05, 0) is 30.2 Å². The van der Waals surface area contributed by atoms with Gasteiger partial charge in [-0.1, -0.05) is 42.5 Å². The van der Waals surface area contributed by atoms with E-state index in [1.165, 1.54) is 0 Å². The molecule has 0 aliphatic carbocycles. The lowest BCUT2D eigenvalue weighted by Crippen LogP contribution is -2.30. The van der Waals surface area contributed by atoms with Crippen LogP contribution < -0.4 is 0 Å². The maximum atomic E-state index is 12.7. The lowest BCUT2D eigenvalue weighted by molar-refractivity contribution is 0.0752. The third kappa shape index (κ3) is 3.48. The van der Waals surface area contributed by atoms with Crippen LogP contribution in [0.4, 0.5) is 0 Å². The van der Waals surface area contributed by atoms with Gasteiger partial charge in [0.15, 0.2) is 0 Å². The molecule has 0 saturated heterocycles. The predicted octanol–water partition coefficient (Wildman–Crippen LogP) is 3.74. The second kappa shape index (κ2) is 6.92. The summed E-state index contributed by atoms with van der Waals surface area (Å²) in [5, 5.41) is 6.74. The fraction of sp³-hybridized carbons (Fsp3) is 0.158. The zero-order valence-corrected chi connectivity index (χ0v) is 13.1. The van der Waals surface area contributed by atoms with Crippen molar-refractivity contribution >= 4 is 5.91 Å². The van der Waals surface area contributed by atoms with E-state index in [2.05, 4.69) is 10.2 Å². The number of amides is 1. The second-order valence-corrected chi connectivity index (χ2v) is 5.37. The van der Waals surface area contributed by atoms with Crippen LogP contribution in [0.5, 0.6) is 0 Å². The van der Waals surface area contributed by atoms with Crippen molar-refractivity contribution in [2.24, 2.45) is 0 Å². The number of rotatable bonds is 5. The van der Waals surface area contributed by atoms with Gasteiger partial charge in [-0.25, -0.2) is 0 Å². The van der Waals surface area contributed by atoms with Crippen molar-refractivity contribution in [2.45, 2.75) is 13.5 Å². The Kier molecular flexibility index (Phi) is 4.52. The Morgan fingerprint density at radius 3 is 2.39 bits per heavy atom. The third-order valence-corrected chi connectivity index (χ3v) is 3.85. The van der Waals surface area contributed by atoms with E-state index in [1.54, 1.807) is 6.20 Å². The van der Waals surface area contributed by atoms with Crippen LogP contribution in [0.3, 0.4) is 0 Å². The first kappa shape index (κ1) is 15.0. The second-order valence-electron chi connectivity index (χ2n) is 5.37. The number of nitrogens with one attached hydrogen (secondary N) is 1. The van der Waals surface area contributed by atoms with Gasteiger partial charge < -0.3 is 4.90 Å². The number of aromatic amines is 1. The number of carbonyl (C=O) groups is 1. The predicted molar refractivity (Wildman–Crippen MR) is 90.9 cm³/mol. The average molecular weight is 305 g/mol. The Hall–Kier alpha value is -2.88. The summed E-state index contributed by atoms with van der Waals surface area (Å²) in [4.78, 5) is 14.5. The molecule has 0 bridgehead atoms. The maximum Gasteiger partial charge on any atom is 0.254 e. The topological polar surface area (TPSA) is 49.0 Å². The molecular weight excluding hydrogens is 286 g/mol. The Morgan fingerprint density at radius 2 is 1.78 bits per heavy atom. The van der Waals surface area contributed by atoms with Crippen LogP contribution in [0.2, 0.25) is 0 Å². The van der Waals surface area contributed by atoms with E-state index in [0.717, 1.165) is 16.7 Å². The molecule has 1 amide bonds. The molecule has 3 aromatic rings. The first-order valence-corrected chi connectivity index (χ1v) is 7.70. The summed E-state index contributed by atoms with van der Waals surface area (Å²) in [5.74, 6) is 0.0510. The molecule has 1 aromatic heterocycles. The van der Waals surface area contributed by atoms with Gasteiger partial charge in [0, 0.05) is 30.4 Å². The van der Waals surface area contributed by atoms with Gasteiger partial charge in [-0.15, -0.1) is 0 Å². The Bertz CT molecular complexity index is 749. The molecule has 23 heavy (non-hydrogen) atoms. The van der Waals surface area contributed by atoms with E-state index in [1.807, 2.05) is 72.6 Å². The standard InChI is InChI=1S/C19H19N3O/c1-2-22(14-15-6-4-3-5-7-15)19(23)17-10-8-16(9-11-17)18-12-20-21-13-18/h3-13H,2,14H2,1H3,(H,20,21). The number of benzene rings is 2. The number of hydrogen-bond acceptors (Lipinski definition) is 2. The summed E-state index contributed by atoms with van der Waals surface area (Å²) in [6.45, 7) is 3.30. The number of hydrogen-bond donors (Lipinski definition) is 1. The molecule has 0 unspecified atom stereocenters. The quantitative estimate of drug-likeness (QED) is 0.780. The fourth-order valence-electron chi connectivity index (χ4n) is 2.53. The van der Waals surface area contributed by atoms with Gasteiger partial charge in [-0.2, -0.15) is 5.10 Å². The van der Waals surface area contributed by atoms with E-state index < -0.39 is 0 Å². The SMILES string of the molecule is CCN(Cc1ccccc1)C(=O)c1ccc(-c2cn[nH]c2)cc1. The highest BCUT2D eigenvalue weighted by molar-refractivity contribution is 5.94. The summed E-state index contributed by atoms with van der Waals surface area (Å²) < 4.78 is 0. The molecule has 4 nitrogen and oxygen atoms in total. The van der Waals surface area contributed by atoms with Crippen LogP contribution in [0.15, 0.2) is 67.0 Å². The van der Waals surface area contributed by atoms with Crippen molar-refractivity contribution < 1.29 is 4.79 Å².